The van der Waals surface area contributed by atoms with Gasteiger partial charge >= 0.3 is 5.97 Å². The van der Waals surface area contributed by atoms with Crippen molar-refractivity contribution in [3.05, 3.63) is 90.5 Å². The van der Waals surface area contributed by atoms with Crippen LogP contribution in [0.5, 0.6) is 0 Å². The quantitative estimate of drug-likeness (QED) is 0.648. The number of halogens is 1. The van der Waals surface area contributed by atoms with E-state index in [2.05, 4.69) is 0 Å². The first-order chi connectivity index (χ1) is 11.1. The molecule has 0 amide bonds. The van der Waals surface area contributed by atoms with Crippen LogP contribution in [0.15, 0.2) is 99.6 Å². The Morgan fingerprint density at radius 3 is 1.48 bits per heavy atom. The molecule has 0 bridgehead atoms. The van der Waals surface area contributed by atoms with Crippen LogP contribution in [0.2, 0.25) is 0 Å². The number of carboxylic acid groups (broad SMARTS) is 1. The molecule has 3 aromatic carbocycles. The van der Waals surface area contributed by atoms with Gasteiger partial charge in [0.1, 0.15) is 0 Å². The third-order valence-corrected chi connectivity index (χ3v) is 7.93. The van der Waals surface area contributed by atoms with Crippen molar-refractivity contribution in [3.8, 4) is 0 Å². The molecule has 0 atom stereocenters. The van der Waals surface area contributed by atoms with Crippen molar-refractivity contribution in [2.75, 3.05) is 0 Å². The zero-order valence-corrected chi connectivity index (χ0v) is 13.8. The Kier molecular flexibility index (Phi) is 4.42. The molecule has 0 radical (unpaired) electrons. The average molecular weight is 343 g/mol. The Balaban J connectivity index is 2.18. The van der Waals surface area contributed by atoms with Crippen molar-refractivity contribution in [3.63, 3.8) is 0 Å². The summed E-state index contributed by atoms with van der Waals surface area (Å²) in [6, 6.07) is 26.7. The number of carbonyl (C=O) groups is 1. The molecule has 0 aliphatic carbocycles. The van der Waals surface area contributed by atoms with Crippen molar-refractivity contribution in [2.24, 2.45) is 0 Å². The Bertz CT molecular complexity index is 762. The predicted octanol–water partition coefficient (Wildman–Crippen LogP) is 5.82. The van der Waals surface area contributed by atoms with E-state index in [4.69, 9.17) is 15.8 Å². The zero-order valence-electron chi connectivity index (χ0n) is 12.2. The predicted molar refractivity (Wildman–Crippen MR) is 94.5 cm³/mol. The second-order valence-corrected chi connectivity index (χ2v) is 8.87. The Hall–Kier alpha value is -2.23. The van der Waals surface area contributed by atoms with Crippen molar-refractivity contribution in [1.82, 2.24) is 0 Å². The highest BCUT2D eigenvalue weighted by Crippen LogP contribution is 2.72. The fraction of sp³-hybridized carbons (Fsp3) is 0. The molecule has 23 heavy (non-hydrogen) atoms. The van der Waals surface area contributed by atoms with Gasteiger partial charge in [0.15, 0.2) is 0 Å². The fourth-order valence-corrected chi connectivity index (χ4v) is 5.73. The van der Waals surface area contributed by atoms with Crippen molar-refractivity contribution in [1.29, 1.82) is 0 Å². The minimum Gasteiger partial charge on any atom is -0.478 e. The molecule has 0 aromatic heterocycles. The summed E-state index contributed by atoms with van der Waals surface area (Å²) >= 11 is 0. The molecular formula is C19H15ClO2S. The van der Waals surface area contributed by atoms with E-state index >= 15 is 0 Å². The smallest absolute Gasteiger partial charge is 0.335 e. The van der Waals surface area contributed by atoms with Gasteiger partial charge in [-0.2, -0.15) is 0 Å². The van der Waals surface area contributed by atoms with Gasteiger partial charge in [-0.3, -0.25) is 0 Å². The number of carboxylic acids is 1. The number of benzene rings is 3. The molecule has 4 heteroatoms. The fourth-order valence-electron chi connectivity index (χ4n) is 2.41. The van der Waals surface area contributed by atoms with Gasteiger partial charge in [-0.15, -0.1) is 0 Å². The first kappa shape index (κ1) is 15.7. The van der Waals surface area contributed by atoms with Crippen LogP contribution in [-0.2, 0) is 0 Å². The summed E-state index contributed by atoms with van der Waals surface area (Å²) in [4.78, 5) is 14.0. The lowest BCUT2D eigenvalue weighted by atomic mass is 10.2. The SMILES string of the molecule is O=C(O)c1ccc(S(Cl)(c2ccccc2)c2ccccc2)cc1. The maximum Gasteiger partial charge on any atom is 0.335 e. The first-order valence-electron chi connectivity index (χ1n) is 7.09. The summed E-state index contributed by atoms with van der Waals surface area (Å²) in [5, 5.41) is 9.09. The maximum atomic E-state index is 11.1. The van der Waals surface area contributed by atoms with Gasteiger partial charge in [-0.1, -0.05) is 56.3 Å². The van der Waals surface area contributed by atoms with E-state index in [1.165, 1.54) is 0 Å². The van der Waals surface area contributed by atoms with Gasteiger partial charge in [0.05, 0.1) is 5.56 Å². The van der Waals surface area contributed by atoms with Crippen molar-refractivity contribution < 1.29 is 9.90 Å². The standard InChI is InChI=1S/C19H15ClO2S/c20-23(16-7-3-1-4-8-16,17-9-5-2-6-10-17)18-13-11-15(12-14-18)19(21)22/h1-14H,(H,21,22). The molecule has 0 saturated carbocycles. The molecule has 0 fully saturated rings. The summed E-state index contributed by atoms with van der Waals surface area (Å²) in [5.74, 6) is -0.939. The van der Waals surface area contributed by atoms with E-state index in [0.29, 0.717) is 0 Å². The number of hydrogen-bond acceptors (Lipinski definition) is 1. The largest absolute Gasteiger partial charge is 0.478 e. The van der Waals surface area contributed by atoms with E-state index in [-0.39, 0.29) is 5.56 Å². The first-order valence-corrected chi connectivity index (χ1v) is 9.55. The van der Waals surface area contributed by atoms with Crippen LogP contribution >= 0.6 is 19.9 Å². The molecular weight excluding hydrogens is 328 g/mol. The van der Waals surface area contributed by atoms with E-state index in [9.17, 15) is 4.79 Å². The van der Waals surface area contributed by atoms with Gasteiger partial charge < -0.3 is 5.11 Å². The second-order valence-electron chi connectivity index (χ2n) is 4.99. The topological polar surface area (TPSA) is 37.3 Å². The van der Waals surface area contributed by atoms with E-state index < -0.39 is 15.2 Å². The lowest BCUT2D eigenvalue weighted by Gasteiger charge is -2.34. The van der Waals surface area contributed by atoms with Crippen LogP contribution in [0.1, 0.15) is 10.4 Å². The molecule has 116 valence electrons. The molecule has 0 spiro atoms. The number of aromatic carboxylic acids is 1. The highest BCUT2D eigenvalue weighted by Gasteiger charge is 2.28. The number of hydrogen-bond donors (Lipinski definition) is 1. The lowest BCUT2D eigenvalue weighted by molar-refractivity contribution is 0.0697. The molecule has 0 aliphatic heterocycles. The van der Waals surface area contributed by atoms with E-state index in [1.54, 1.807) is 12.1 Å². The molecule has 0 aliphatic rings. The minimum absolute atomic E-state index is 0.258. The second kappa shape index (κ2) is 6.49. The number of rotatable bonds is 4. The van der Waals surface area contributed by atoms with Crippen LogP contribution in [0.3, 0.4) is 0 Å². The summed E-state index contributed by atoms with van der Waals surface area (Å²) in [6.07, 6.45) is 0. The van der Waals surface area contributed by atoms with Gasteiger partial charge in [0.2, 0.25) is 0 Å². The lowest BCUT2D eigenvalue weighted by Crippen LogP contribution is -1.99. The third-order valence-electron chi connectivity index (χ3n) is 3.56. The average Bonchev–Trinajstić information content (AvgIpc) is 2.62. The van der Waals surface area contributed by atoms with Gasteiger partial charge in [0, 0.05) is 14.7 Å². The molecule has 0 unspecified atom stereocenters. The Morgan fingerprint density at radius 2 is 1.09 bits per heavy atom. The monoisotopic (exact) mass is 342 g/mol. The highest BCUT2D eigenvalue weighted by atomic mass is 35.7. The van der Waals surface area contributed by atoms with E-state index in [1.807, 2.05) is 72.8 Å². The van der Waals surface area contributed by atoms with E-state index in [0.717, 1.165) is 14.7 Å². The van der Waals surface area contributed by atoms with Crippen molar-refractivity contribution in [2.45, 2.75) is 14.7 Å². The molecule has 3 rings (SSSR count). The van der Waals surface area contributed by atoms with Gasteiger partial charge in [-0.25, -0.2) is 4.79 Å². The maximum absolute atomic E-state index is 11.1. The van der Waals surface area contributed by atoms with Crippen LogP contribution < -0.4 is 0 Å². The summed E-state index contributed by atoms with van der Waals surface area (Å²) in [5.41, 5.74) is 0.258. The van der Waals surface area contributed by atoms with Crippen molar-refractivity contribution >= 4 is 25.9 Å². The van der Waals surface area contributed by atoms with Gasteiger partial charge in [-0.05, 0) is 48.5 Å². The molecule has 3 aromatic rings. The molecule has 1 N–H and O–H groups in total. The summed E-state index contributed by atoms with van der Waals surface area (Å²) in [6.45, 7) is 0. The Labute approximate surface area is 141 Å². The Morgan fingerprint density at radius 1 is 0.696 bits per heavy atom. The normalized spacial score (nSPS) is 11.9. The van der Waals surface area contributed by atoms with Crippen LogP contribution in [-0.4, -0.2) is 11.1 Å². The molecule has 0 saturated heterocycles. The van der Waals surface area contributed by atoms with Crippen LogP contribution in [0, 0.1) is 0 Å². The molecule has 2 nitrogen and oxygen atoms in total. The van der Waals surface area contributed by atoms with Gasteiger partial charge in [0.25, 0.3) is 0 Å². The highest BCUT2D eigenvalue weighted by molar-refractivity contribution is 8.51. The molecule has 0 heterocycles. The minimum atomic E-state index is -1.94. The zero-order chi connectivity index (χ0) is 16.3. The summed E-state index contributed by atoms with van der Waals surface area (Å²) < 4.78 is 0. The van der Waals surface area contributed by atoms with Crippen LogP contribution in [0.4, 0.5) is 0 Å². The summed E-state index contributed by atoms with van der Waals surface area (Å²) in [7, 11) is 5.24. The van der Waals surface area contributed by atoms with Crippen LogP contribution in [0.25, 0.3) is 0 Å². The third kappa shape index (κ3) is 2.98.